The van der Waals surface area contributed by atoms with E-state index in [1.54, 1.807) is 24.0 Å². The van der Waals surface area contributed by atoms with Crippen molar-refractivity contribution in [3.05, 3.63) is 60.1 Å². The molecule has 2 aromatic heterocycles. The number of carbonyl (C=O) groups is 1. The van der Waals surface area contributed by atoms with Gasteiger partial charge in [0.05, 0.1) is 0 Å². The van der Waals surface area contributed by atoms with Gasteiger partial charge in [-0.2, -0.15) is 0 Å². The Kier molecular flexibility index (Phi) is 5.51. The third-order valence-corrected chi connectivity index (χ3v) is 4.95. The Morgan fingerprint density at radius 2 is 1.96 bits per heavy atom. The number of urea groups is 1. The lowest BCUT2D eigenvalue weighted by molar-refractivity contribution is 0.262. The first-order chi connectivity index (χ1) is 12.8. The molecule has 3 aromatic rings. The lowest BCUT2D eigenvalue weighted by Gasteiger charge is -2.12. The molecule has 0 bridgehead atoms. The molecule has 1 aromatic carbocycles. The SMILES string of the molecule is Cc1cnccc1Sc1cccc(NC(=O)Nc2cc(C(C)(C)C)on2)c1. The van der Waals surface area contributed by atoms with Gasteiger partial charge in [0, 0.05) is 39.4 Å². The minimum Gasteiger partial charge on any atom is -0.359 e. The fraction of sp³-hybridized carbons (Fsp3) is 0.250. The number of benzene rings is 1. The number of aromatic nitrogens is 2. The van der Waals surface area contributed by atoms with Crippen LogP contribution in [0.1, 0.15) is 32.1 Å². The number of nitrogens with zero attached hydrogens (tertiary/aromatic N) is 2. The molecule has 7 heteroatoms. The summed E-state index contributed by atoms with van der Waals surface area (Å²) in [6.45, 7) is 8.08. The van der Waals surface area contributed by atoms with Crippen LogP contribution >= 0.6 is 11.8 Å². The van der Waals surface area contributed by atoms with Crippen LogP contribution in [0.15, 0.2) is 63.1 Å². The number of amides is 2. The summed E-state index contributed by atoms with van der Waals surface area (Å²) in [5.41, 5.74) is 1.64. The van der Waals surface area contributed by atoms with Gasteiger partial charge in [0.15, 0.2) is 5.82 Å². The predicted molar refractivity (Wildman–Crippen MR) is 107 cm³/mol. The fourth-order valence-corrected chi connectivity index (χ4v) is 3.23. The first kappa shape index (κ1) is 19.0. The highest BCUT2D eigenvalue weighted by atomic mass is 32.2. The number of aryl methyl sites for hydroxylation is 1. The average Bonchev–Trinajstić information content (AvgIpc) is 3.06. The van der Waals surface area contributed by atoms with Crippen molar-refractivity contribution in [1.29, 1.82) is 0 Å². The molecule has 27 heavy (non-hydrogen) atoms. The van der Waals surface area contributed by atoms with Gasteiger partial charge in [-0.15, -0.1) is 0 Å². The van der Waals surface area contributed by atoms with Crippen molar-refractivity contribution in [2.24, 2.45) is 0 Å². The summed E-state index contributed by atoms with van der Waals surface area (Å²) in [5, 5.41) is 9.40. The minimum absolute atomic E-state index is 0.167. The molecule has 0 atom stereocenters. The molecule has 2 amide bonds. The van der Waals surface area contributed by atoms with E-state index in [1.165, 1.54) is 0 Å². The van der Waals surface area contributed by atoms with E-state index in [0.29, 0.717) is 17.3 Å². The molecular formula is C20H22N4O2S. The number of carbonyl (C=O) groups excluding carboxylic acids is 1. The van der Waals surface area contributed by atoms with E-state index in [-0.39, 0.29) is 11.4 Å². The summed E-state index contributed by atoms with van der Waals surface area (Å²) >= 11 is 1.63. The first-order valence-corrected chi connectivity index (χ1v) is 9.36. The summed E-state index contributed by atoms with van der Waals surface area (Å²) < 4.78 is 5.28. The Bertz CT molecular complexity index is 947. The van der Waals surface area contributed by atoms with Crippen molar-refractivity contribution < 1.29 is 9.32 Å². The second kappa shape index (κ2) is 7.84. The van der Waals surface area contributed by atoms with Crippen LogP contribution in [0.3, 0.4) is 0 Å². The molecule has 0 saturated carbocycles. The van der Waals surface area contributed by atoms with Crippen molar-refractivity contribution in [3.8, 4) is 0 Å². The van der Waals surface area contributed by atoms with Crippen LogP contribution < -0.4 is 10.6 Å². The van der Waals surface area contributed by atoms with Crippen molar-refractivity contribution >= 4 is 29.3 Å². The van der Waals surface area contributed by atoms with E-state index in [9.17, 15) is 4.79 Å². The van der Waals surface area contributed by atoms with Crippen LogP contribution in [0.5, 0.6) is 0 Å². The lowest BCUT2D eigenvalue weighted by atomic mass is 9.93. The van der Waals surface area contributed by atoms with E-state index in [4.69, 9.17) is 4.52 Å². The summed E-state index contributed by atoms with van der Waals surface area (Å²) in [7, 11) is 0. The second-order valence-corrected chi connectivity index (χ2v) is 8.29. The van der Waals surface area contributed by atoms with Crippen LogP contribution in [-0.2, 0) is 5.41 Å². The van der Waals surface area contributed by atoms with Gasteiger partial charge >= 0.3 is 6.03 Å². The highest BCUT2D eigenvalue weighted by Crippen LogP contribution is 2.31. The Morgan fingerprint density at radius 3 is 2.67 bits per heavy atom. The molecule has 0 radical (unpaired) electrons. The van der Waals surface area contributed by atoms with Crippen molar-refractivity contribution in [2.45, 2.75) is 42.9 Å². The number of hydrogen-bond acceptors (Lipinski definition) is 5. The van der Waals surface area contributed by atoms with Crippen LogP contribution in [0.2, 0.25) is 0 Å². The molecule has 2 N–H and O–H groups in total. The molecule has 6 nitrogen and oxygen atoms in total. The van der Waals surface area contributed by atoms with Gasteiger partial charge in [-0.25, -0.2) is 4.79 Å². The van der Waals surface area contributed by atoms with Gasteiger partial charge in [-0.3, -0.25) is 10.3 Å². The van der Waals surface area contributed by atoms with Gasteiger partial charge in [-0.05, 0) is 36.8 Å². The van der Waals surface area contributed by atoms with E-state index in [1.807, 2.05) is 64.2 Å². The molecular weight excluding hydrogens is 360 g/mol. The molecule has 3 rings (SSSR count). The highest BCUT2D eigenvalue weighted by Gasteiger charge is 2.20. The summed E-state index contributed by atoms with van der Waals surface area (Å²) in [5.74, 6) is 1.10. The molecule has 0 aliphatic heterocycles. The van der Waals surface area contributed by atoms with E-state index >= 15 is 0 Å². The summed E-state index contributed by atoms with van der Waals surface area (Å²) in [6, 6.07) is 11.0. The van der Waals surface area contributed by atoms with Crippen LogP contribution in [-0.4, -0.2) is 16.2 Å². The van der Waals surface area contributed by atoms with Gasteiger partial charge in [0.25, 0.3) is 0 Å². The number of nitrogens with one attached hydrogen (secondary N) is 2. The number of pyridine rings is 1. The highest BCUT2D eigenvalue weighted by molar-refractivity contribution is 7.99. The van der Waals surface area contributed by atoms with Crippen LogP contribution in [0, 0.1) is 6.92 Å². The smallest absolute Gasteiger partial charge is 0.324 e. The lowest BCUT2D eigenvalue weighted by Crippen LogP contribution is -2.19. The molecule has 140 valence electrons. The molecule has 2 heterocycles. The molecule has 0 aliphatic rings. The van der Waals surface area contributed by atoms with E-state index in [2.05, 4.69) is 20.8 Å². The Hall–Kier alpha value is -2.80. The zero-order chi connectivity index (χ0) is 19.4. The van der Waals surface area contributed by atoms with Crippen molar-refractivity contribution in [3.63, 3.8) is 0 Å². The molecule has 0 saturated heterocycles. The zero-order valence-corrected chi connectivity index (χ0v) is 16.6. The van der Waals surface area contributed by atoms with Crippen LogP contribution in [0.25, 0.3) is 0 Å². The average molecular weight is 382 g/mol. The Balaban J connectivity index is 1.64. The third kappa shape index (κ3) is 5.10. The van der Waals surface area contributed by atoms with Gasteiger partial charge in [0.1, 0.15) is 5.76 Å². The molecule has 0 unspecified atom stereocenters. The monoisotopic (exact) mass is 382 g/mol. The Morgan fingerprint density at radius 1 is 1.15 bits per heavy atom. The number of anilines is 2. The summed E-state index contributed by atoms with van der Waals surface area (Å²) in [4.78, 5) is 18.5. The number of rotatable bonds is 4. The van der Waals surface area contributed by atoms with Gasteiger partial charge in [-0.1, -0.05) is 43.8 Å². The normalized spacial score (nSPS) is 11.3. The van der Waals surface area contributed by atoms with Gasteiger partial charge in [0.2, 0.25) is 0 Å². The standard InChI is InChI=1S/C20H22N4O2S/c1-13-12-21-9-8-16(13)27-15-7-5-6-14(10-15)22-19(25)23-18-11-17(26-24-18)20(2,3)4/h5-12H,1-4H3,(H2,22,23,24,25). The predicted octanol–water partition coefficient (Wildman–Crippen LogP) is 5.47. The van der Waals surface area contributed by atoms with Crippen LogP contribution in [0.4, 0.5) is 16.3 Å². The first-order valence-electron chi connectivity index (χ1n) is 8.55. The van der Waals surface area contributed by atoms with Gasteiger partial charge < -0.3 is 9.84 Å². The fourth-order valence-electron chi connectivity index (χ4n) is 2.31. The second-order valence-electron chi connectivity index (χ2n) is 7.18. The quantitative estimate of drug-likeness (QED) is 0.625. The third-order valence-electron chi connectivity index (χ3n) is 3.78. The summed E-state index contributed by atoms with van der Waals surface area (Å²) in [6.07, 6.45) is 3.61. The van der Waals surface area contributed by atoms with E-state index in [0.717, 1.165) is 15.4 Å². The maximum atomic E-state index is 12.2. The molecule has 0 spiro atoms. The zero-order valence-electron chi connectivity index (χ0n) is 15.7. The molecule has 0 fully saturated rings. The number of hydrogen-bond donors (Lipinski definition) is 2. The van der Waals surface area contributed by atoms with Crippen molar-refractivity contribution in [2.75, 3.05) is 10.6 Å². The Labute approximate surface area is 162 Å². The minimum atomic E-state index is -0.369. The largest absolute Gasteiger partial charge is 0.359 e. The maximum Gasteiger partial charge on any atom is 0.324 e. The molecule has 0 aliphatic carbocycles. The maximum absolute atomic E-state index is 12.2. The van der Waals surface area contributed by atoms with Crippen molar-refractivity contribution in [1.82, 2.24) is 10.1 Å². The van der Waals surface area contributed by atoms with E-state index < -0.39 is 0 Å². The topological polar surface area (TPSA) is 80.0 Å².